The Labute approximate surface area is 264 Å². The number of anilines is 1. The molecule has 230 valence electrons. The van der Waals surface area contributed by atoms with Gasteiger partial charge in [0, 0.05) is 30.6 Å². The zero-order chi connectivity index (χ0) is 31.5. The standard InChI is InChI=1S/C34H36ClN3O5S/c1-3-21-36-34(40)32(22-26-13-6-4-7-14-26)37(24-27-15-10-11-20-31(27)35)33(39)25-38(28-16-12-17-29(23-28)43-2)44(41,42)30-18-8-5-9-19-30/h4-20,23,32H,3,21-22,24-25H2,1-2H3,(H,36,40). The van der Waals surface area contributed by atoms with Crippen molar-refractivity contribution >= 4 is 39.1 Å². The number of benzene rings is 4. The number of nitrogens with one attached hydrogen (secondary N) is 1. The Bertz CT molecular complexity index is 1650. The summed E-state index contributed by atoms with van der Waals surface area (Å²) < 4.78 is 34.5. The van der Waals surface area contributed by atoms with Gasteiger partial charge in [0.25, 0.3) is 10.0 Å². The molecule has 0 saturated heterocycles. The van der Waals surface area contributed by atoms with Crippen LogP contribution in [-0.4, -0.2) is 51.4 Å². The van der Waals surface area contributed by atoms with Crippen LogP contribution < -0.4 is 14.4 Å². The maximum absolute atomic E-state index is 14.5. The molecule has 1 N–H and O–H groups in total. The van der Waals surface area contributed by atoms with Crippen LogP contribution >= 0.6 is 11.6 Å². The largest absolute Gasteiger partial charge is 0.497 e. The van der Waals surface area contributed by atoms with Crippen LogP contribution in [0.2, 0.25) is 5.02 Å². The van der Waals surface area contributed by atoms with Crippen LogP contribution in [0.3, 0.4) is 0 Å². The molecular formula is C34H36ClN3O5S. The van der Waals surface area contributed by atoms with E-state index in [4.69, 9.17) is 16.3 Å². The van der Waals surface area contributed by atoms with Gasteiger partial charge in [0.2, 0.25) is 11.8 Å². The van der Waals surface area contributed by atoms with Crippen molar-refractivity contribution in [2.75, 3.05) is 24.5 Å². The first-order valence-electron chi connectivity index (χ1n) is 14.3. The highest BCUT2D eigenvalue weighted by Gasteiger charge is 2.35. The molecule has 0 aliphatic carbocycles. The molecule has 1 atom stereocenters. The fourth-order valence-corrected chi connectivity index (χ4v) is 6.37. The highest BCUT2D eigenvalue weighted by molar-refractivity contribution is 7.92. The van der Waals surface area contributed by atoms with Crippen molar-refractivity contribution in [3.05, 3.63) is 125 Å². The first-order chi connectivity index (χ1) is 21.2. The van der Waals surface area contributed by atoms with E-state index in [1.807, 2.05) is 37.3 Å². The molecule has 2 amide bonds. The molecule has 4 aromatic carbocycles. The van der Waals surface area contributed by atoms with Crippen molar-refractivity contribution < 1.29 is 22.7 Å². The van der Waals surface area contributed by atoms with Crippen molar-refractivity contribution in [1.82, 2.24) is 10.2 Å². The van der Waals surface area contributed by atoms with E-state index in [2.05, 4.69) is 5.32 Å². The minimum absolute atomic E-state index is 0.00706. The Kier molecular flexibility index (Phi) is 11.4. The monoisotopic (exact) mass is 633 g/mol. The Balaban J connectivity index is 1.81. The second kappa shape index (κ2) is 15.4. The van der Waals surface area contributed by atoms with Crippen LogP contribution in [0.15, 0.2) is 114 Å². The molecule has 0 spiro atoms. The number of carbonyl (C=O) groups is 2. The lowest BCUT2D eigenvalue weighted by Crippen LogP contribution is -2.53. The number of ether oxygens (including phenoxy) is 1. The molecule has 0 saturated carbocycles. The lowest BCUT2D eigenvalue weighted by atomic mass is 10.0. The summed E-state index contributed by atoms with van der Waals surface area (Å²) in [6, 6.07) is 29.9. The Morgan fingerprint density at radius 2 is 1.55 bits per heavy atom. The summed E-state index contributed by atoms with van der Waals surface area (Å²) >= 11 is 6.53. The molecule has 0 aliphatic rings. The number of nitrogens with zero attached hydrogens (tertiary/aromatic N) is 2. The van der Waals surface area contributed by atoms with E-state index in [0.717, 1.165) is 9.87 Å². The summed E-state index contributed by atoms with van der Waals surface area (Å²) in [5, 5.41) is 3.36. The van der Waals surface area contributed by atoms with E-state index in [1.54, 1.807) is 66.7 Å². The molecule has 0 fully saturated rings. The molecule has 0 aromatic heterocycles. The van der Waals surface area contributed by atoms with Gasteiger partial charge in [-0.1, -0.05) is 91.3 Å². The Morgan fingerprint density at radius 3 is 2.20 bits per heavy atom. The molecule has 44 heavy (non-hydrogen) atoms. The molecule has 4 aromatic rings. The molecule has 1 unspecified atom stereocenters. The fourth-order valence-electron chi connectivity index (χ4n) is 4.74. The van der Waals surface area contributed by atoms with Crippen LogP contribution in [0.1, 0.15) is 24.5 Å². The van der Waals surface area contributed by atoms with Crippen LogP contribution in [0.4, 0.5) is 5.69 Å². The van der Waals surface area contributed by atoms with Crippen molar-refractivity contribution in [2.45, 2.75) is 37.2 Å². The SMILES string of the molecule is CCCNC(=O)C(Cc1ccccc1)N(Cc1ccccc1Cl)C(=O)CN(c1cccc(OC)c1)S(=O)(=O)c1ccccc1. The van der Waals surface area contributed by atoms with E-state index in [-0.39, 0.29) is 29.5 Å². The van der Waals surface area contributed by atoms with Crippen LogP contribution in [0.5, 0.6) is 5.75 Å². The van der Waals surface area contributed by atoms with Crippen LogP contribution in [0, 0.1) is 0 Å². The van der Waals surface area contributed by atoms with Gasteiger partial charge in [-0.3, -0.25) is 13.9 Å². The number of rotatable bonds is 14. The summed E-state index contributed by atoms with van der Waals surface area (Å²) in [4.78, 5) is 29.6. The number of sulfonamides is 1. The summed E-state index contributed by atoms with van der Waals surface area (Å²) in [6.07, 6.45) is 0.929. The van der Waals surface area contributed by atoms with E-state index in [1.165, 1.54) is 24.1 Å². The average molecular weight is 634 g/mol. The topological polar surface area (TPSA) is 96.0 Å². The van der Waals surface area contributed by atoms with Gasteiger partial charge in [-0.2, -0.15) is 0 Å². The normalized spacial score (nSPS) is 11.8. The highest BCUT2D eigenvalue weighted by atomic mass is 35.5. The van der Waals surface area contributed by atoms with Gasteiger partial charge in [-0.25, -0.2) is 8.42 Å². The first-order valence-corrected chi connectivity index (χ1v) is 16.1. The number of methoxy groups -OCH3 is 1. The number of hydrogen-bond acceptors (Lipinski definition) is 5. The predicted octanol–water partition coefficient (Wildman–Crippen LogP) is 5.71. The maximum atomic E-state index is 14.5. The van der Waals surface area contributed by atoms with Crippen molar-refractivity contribution in [2.24, 2.45) is 0 Å². The van der Waals surface area contributed by atoms with Gasteiger partial charge < -0.3 is 15.0 Å². The minimum atomic E-state index is -4.20. The zero-order valence-corrected chi connectivity index (χ0v) is 26.3. The summed E-state index contributed by atoms with van der Waals surface area (Å²) in [5.41, 5.74) is 1.72. The molecule has 8 nitrogen and oxygen atoms in total. The van der Waals surface area contributed by atoms with Crippen molar-refractivity contribution in [1.29, 1.82) is 0 Å². The van der Waals surface area contributed by atoms with E-state index < -0.39 is 28.5 Å². The molecule has 0 aliphatic heterocycles. The third-order valence-electron chi connectivity index (χ3n) is 7.07. The Morgan fingerprint density at radius 1 is 0.886 bits per heavy atom. The summed E-state index contributed by atoms with van der Waals surface area (Å²) in [5.74, 6) is -0.480. The van der Waals surface area contributed by atoms with Crippen LogP contribution in [0.25, 0.3) is 0 Å². The second-order valence-electron chi connectivity index (χ2n) is 10.1. The smallest absolute Gasteiger partial charge is 0.264 e. The third-order valence-corrected chi connectivity index (χ3v) is 9.23. The van der Waals surface area contributed by atoms with Gasteiger partial charge >= 0.3 is 0 Å². The molecule has 0 bridgehead atoms. The Hall–Kier alpha value is -4.34. The van der Waals surface area contributed by atoms with Gasteiger partial charge in [0.05, 0.1) is 17.7 Å². The number of hydrogen-bond donors (Lipinski definition) is 1. The molecular weight excluding hydrogens is 598 g/mol. The third kappa shape index (κ3) is 8.18. The van der Waals surface area contributed by atoms with Crippen molar-refractivity contribution in [3.63, 3.8) is 0 Å². The van der Waals surface area contributed by atoms with Gasteiger partial charge in [-0.15, -0.1) is 0 Å². The number of carbonyl (C=O) groups excluding carboxylic acids is 2. The van der Waals surface area contributed by atoms with Gasteiger partial charge in [-0.05, 0) is 47.9 Å². The van der Waals surface area contributed by atoms with E-state index in [0.29, 0.717) is 29.3 Å². The van der Waals surface area contributed by atoms with E-state index in [9.17, 15) is 18.0 Å². The molecule has 4 rings (SSSR count). The summed E-state index contributed by atoms with van der Waals surface area (Å²) in [6.45, 7) is 1.80. The molecule has 10 heteroatoms. The lowest BCUT2D eigenvalue weighted by molar-refractivity contribution is -0.140. The maximum Gasteiger partial charge on any atom is 0.264 e. The summed E-state index contributed by atoms with van der Waals surface area (Å²) in [7, 11) is -2.72. The molecule has 0 heterocycles. The lowest BCUT2D eigenvalue weighted by Gasteiger charge is -2.34. The zero-order valence-electron chi connectivity index (χ0n) is 24.7. The average Bonchev–Trinajstić information content (AvgIpc) is 3.05. The first kappa shape index (κ1) is 32.6. The minimum Gasteiger partial charge on any atom is -0.497 e. The van der Waals surface area contributed by atoms with Gasteiger partial charge in [0.15, 0.2) is 0 Å². The second-order valence-corrected chi connectivity index (χ2v) is 12.4. The van der Waals surface area contributed by atoms with Gasteiger partial charge in [0.1, 0.15) is 18.3 Å². The van der Waals surface area contributed by atoms with E-state index >= 15 is 0 Å². The number of amides is 2. The number of halogens is 1. The predicted molar refractivity (Wildman–Crippen MR) is 173 cm³/mol. The van der Waals surface area contributed by atoms with Crippen LogP contribution in [-0.2, 0) is 32.6 Å². The highest BCUT2D eigenvalue weighted by Crippen LogP contribution is 2.28. The quantitative estimate of drug-likeness (QED) is 0.192. The fraction of sp³-hybridized carbons (Fsp3) is 0.235. The molecule has 0 radical (unpaired) electrons. The van der Waals surface area contributed by atoms with Crippen molar-refractivity contribution in [3.8, 4) is 5.75 Å².